The van der Waals surface area contributed by atoms with Gasteiger partial charge in [-0.25, -0.2) is 4.98 Å². The number of H-pyrrole nitrogens is 1. The van der Waals surface area contributed by atoms with Gasteiger partial charge in [0.1, 0.15) is 11.6 Å². The first kappa shape index (κ1) is 21.7. The van der Waals surface area contributed by atoms with Crippen molar-refractivity contribution in [2.75, 3.05) is 27.9 Å². The van der Waals surface area contributed by atoms with E-state index < -0.39 is 5.54 Å². The fraction of sp³-hybridized carbons (Fsp3) is 0.333. The second kappa shape index (κ2) is 8.36. The summed E-state index contributed by atoms with van der Waals surface area (Å²) in [6, 6.07) is 9.01. The van der Waals surface area contributed by atoms with Crippen LogP contribution >= 0.6 is 0 Å². The number of fused-ring (bicyclic) bond motifs is 1. The minimum Gasteiger partial charge on any atom is -0.497 e. The highest BCUT2D eigenvalue weighted by Gasteiger charge is 2.44. The number of carbonyl (C=O) groups is 1. The number of aromatic amines is 1. The number of likely N-dealkylation sites (tertiary alicyclic amines) is 1. The summed E-state index contributed by atoms with van der Waals surface area (Å²) in [7, 11) is 4.77. The Labute approximate surface area is 196 Å². The van der Waals surface area contributed by atoms with Gasteiger partial charge in [-0.15, -0.1) is 0 Å². The SMILES string of the molecule is COc1ccc(-n2nccn2)c(C(=O)N2CCCC2(C)c2nc3cc(OC)c(OC)cc3[nH]2)c1. The first-order chi connectivity index (χ1) is 16.5. The van der Waals surface area contributed by atoms with E-state index in [1.807, 2.05) is 24.0 Å². The van der Waals surface area contributed by atoms with Crippen LogP contribution in [0, 0.1) is 0 Å². The first-order valence-electron chi connectivity index (χ1n) is 11.0. The molecule has 176 valence electrons. The normalized spacial score (nSPS) is 17.8. The van der Waals surface area contributed by atoms with E-state index in [4.69, 9.17) is 19.2 Å². The molecule has 0 aliphatic carbocycles. The Balaban J connectivity index is 1.57. The summed E-state index contributed by atoms with van der Waals surface area (Å²) in [6.07, 6.45) is 4.78. The molecule has 0 radical (unpaired) electrons. The van der Waals surface area contributed by atoms with Gasteiger partial charge in [-0.1, -0.05) is 0 Å². The summed E-state index contributed by atoms with van der Waals surface area (Å²) in [5.74, 6) is 2.38. The van der Waals surface area contributed by atoms with Crippen LogP contribution < -0.4 is 14.2 Å². The zero-order valence-electron chi connectivity index (χ0n) is 19.5. The smallest absolute Gasteiger partial charge is 0.257 e. The van der Waals surface area contributed by atoms with Crippen molar-refractivity contribution in [3.63, 3.8) is 0 Å². The molecule has 0 saturated carbocycles. The van der Waals surface area contributed by atoms with E-state index in [1.54, 1.807) is 51.9 Å². The van der Waals surface area contributed by atoms with Crippen LogP contribution in [0.3, 0.4) is 0 Å². The lowest BCUT2D eigenvalue weighted by Gasteiger charge is -2.34. The zero-order valence-corrected chi connectivity index (χ0v) is 19.5. The third-order valence-electron chi connectivity index (χ3n) is 6.45. The second-order valence-corrected chi connectivity index (χ2v) is 8.35. The van der Waals surface area contributed by atoms with E-state index in [-0.39, 0.29) is 5.91 Å². The van der Waals surface area contributed by atoms with Crippen molar-refractivity contribution in [3.05, 3.63) is 54.1 Å². The molecule has 1 aliphatic heterocycles. The van der Waals surface area contributed by atoms with Gasteiger partial charge in [0.2, 0.25) is 0 Å². The van der Waals surface area contributed by atoms with Crippen LogP contribution in [0.1, 0.15) is 35.9 Å². The number of imidazole rings is 1. The minimum absolute atomic E-state index is 0.137. The highest BCUT2D eigenvalue weighted by molar-refractivity contribution is 5.99. The topological polar surface area (TPSA) is 107 Å². The molecule has 10 heteroatoms. The average molecular weight is 463 g/mol. The lowest BCUT2D eigenvalue weighted by atomic mass is 9.97. The number of rotatable bonds is 6. The van der Waals surface area contributed by atoms with Crippen LogP contribution in [0.2, 0.25) is 0 Å². The molecule has 2 aromatic heterocycles. The summed E-state index contributed by atoms with van der Waals surface area (Å²) in [5.41, 5.74) is 1.98. The maximum absolute atomic E-state index is 14.0. The van der Waals surface area contributed by atoms with E-state index in [9.17, 15) is 4.79 Å². The largest absolute Gasteiger partial charge is 0.497 e. The van der Waals surface area contributed by atoms with Crippen molar-refractivity contribution in [1.29, 1.82) is 0 Å². The molecule has 0 bridgehead atoms. The minimum atomic E-state index is -0.630. The fourth-order valence-electron chi connectivity index (χ4n) is 4.60. The number of nitrogens with zero attached hydrogens (tertiary/aromatic N) is 5. The third kappa shape index (κ3) is 3.42. The number of ether oxygens (including phenoxy) is 3. The summed E-state index contributed by atoms with van der Waals surface area (Å²) < 4.78 is 16.2. The van der Waals surface area contributed by atoms with Crippen molar-refractivity contribution >= 4 is 16.9 Å². The molecule has 1 N–H and O–H groups in total. The molecule has 1 aliphatic rings. The van der Waals surface area contributed by atoms with Crippen LogP contribution in [-0.4, -0.2) is 63.6 Å². The molecule has 1 fully saturated rings. The Morgan fingerprint density at radius 2 is 1.76 bits per heavy atom. The number of nitrogens with one attached hydrogen (secondary N) is 1. The summed E-state index contributed by atoms with van der Waals surface area (Å²) >= 11 is 0. The van der Waals surface area contributed by atoms with Gasteiger partial charge < -0.3 is 24.1 Å². The molecule has 1 saturated heterocycles. The molecule has 5 rings (SSSR count). The number of benzene rings is 2. The standard InChI is InChI=1S/C24H26N6O4/c1-24(23-27-17-13-20(33-3)21(34-4)14-18(17)28-23)8-5-11-29(24)22(31)16-12-15(32-2)6-7-19(16)30-25-9-10-26-30/h6-7,9-10,12-14H,5,8,11H2,1-4H3,(H,27,28). The Morgan fingerprint density at radius 3 is 2.47 bits per heavy atom. The average Bonchev–Trinajstić information content (AvgIpc) is 3.62. The molecule has 1 atom stereocenters. The fourth-order valence-corrected chi connectivity index (χ4v) is 4.60. The second-order valence-electron chi connectivity index (χ2n) is 8.35. The molecule has 10 nitrogen and oxygen atoms in total. The van der Waals surface area contributed by atoms with E-state index in [1.165, 1.54) is 4.80 Å². The maximum Gasteiger partial charge on any atom is 0.257 e. The molecule has 1 unspecified atom stereocenters. The Hall–Kier alpha value is -4.08. The van der Waals surface area contributed by atoms with Gasteiger partial charge in [-0.2, -0.15) is 15.0 Å². The van der Waals surface area contributed by atoms with Crippen molar-refractivity contribution in [1.82, 2.24) is 29.9 Å². The molecule has 2 aromatic carbocycles. The summed E-state index contributed by atoms with van der Waals surface area (Å²) in [5, 5.41) is 8.44. The number of aromatic nitrogens is 5. The van der Waals surface area contributed by atoms with Crippen molar-refractivity contribution in [2.24, 2.45) is 0 Å². The molecule has 34 heavy (non-hydrogen) atoms. The number of hydrogen-bond donors (Lipinski definition) is 1. The van der Waals surface area contributed by atoms with Crippen LogP contribution in [0.4, 0.5) is 0 Å². The van der Waals surface area contributed by atoms with Gasteiger partial charge in [0, 0.05) is 18.7 Å². The number of methoxy groups -OCH3 is 3. The number of amides is 1. The summed E-state index contributed by atoms with van der Waals surface area (Å²) in [4.78, 5) is 25.5. The van der Waals surface area contributed by atoms with Crippen LogP contribution in [0.5, 0.6) is 17.2 Å². The van der Waals surface area contributed by atoms with Crippen molar-refractivity contribution in [3.8, 4) is 22.9 Å². The van der Waals surface area contributed by atoms with Crippen LogP contribution in [0.25, 0.3) is 16.7 Å². The predicted octanol–water partition coefficient (Wildman–Crippen LogP) is 3.32. The monoisotopic (exact) mass is 462 g/mol. The molecule has 3 heterocycles. The quantitative estimate of drug-likeness (QED) is 0.468. The van der Waals surface area contributed by atoms with Crippen molar-refractivity contribution < 1.29 is 19.0 Å². The lowest BCUT2D eigenvalue weighted by molar-refractivity contribution is 0.0605. The van der Waals surface area contributed by atoms with Gasteiger partial charge in [0.05, 0.1) is 61.5 Å². The van der Waals surface area contributed by atoms with E-state index >= 15 is 0 Å². The molecule has 1 amide bonds. The van der Waals surface area contributed by atoms with Crippen LogP contribution in [0.15, 0.2) is 42.7 Å². The van der Waals surface area contributed by atoms with Crippen molar-refractivity contribution in [2.45, 2.75) is 25.3 Å². The predicted molar refractivity (Wildman–Crippen MR) is 125 cm³/mol. The van der Waals surface area contributed by atoms with Gasteiger partial charge in [-0.3, -0.25) is 4.79 Å². The Kier molecular flexibility index (Phi) is 5.35. The zero-order chi connectivity index (χ0) is 23.9. The van der Waals surface area contributed by atoms with Gasteiger partial charge >= 0.3 is 0 Å². The molecular weight excluding hydrogens is 436 g/mol. The van der Waals surface area contributed by atoms with E-state index in [2.05, 4.69) is 15.2 Å². The lowest BCUT2D eigenvalue weighted by Crippen LogP contribution is -2.44. The van der Waals surface area contributed by atoms with E-state index in [0.29, 0.717) is 40.9 Å². The molecule has 0 spiro atoms. The van der Waals surface area contributed by atoms with Gasteiger partial charge in [0.15, 0.2) is 11.5 Å². The number of hydrogen-bond acceptors (Lipinski definition) is 7. The first-order valence-corrected chi connectivity index (χ1v) is 11.0. The molecular formula is C24H26N6O4. The highest BCUT2D eigenvalue weighted by atomic mass is 16.5. The maximum atomic E-state index is 14.0. The Bertz CT molecular complexity index is 1310. The van der Waals surface area contributed by atoms with Gasteiger partial charge in [-0.05, 0) is 38.0 Å². The molecule has 4 aromatic rings. The van der Waals surface area contributed by atoms with Gasteiger partial charge in [0.25, 0.3) is 5.91 Å². The highest BCUT2D eigenvalue weighted by Crippen LogP contribution is 2.41. The summed E-state index contributed by atoms with van der Waals surface area (Å²) in [6.45, 7) is 2.64. The Morgan fingerprint density at radius 1 is 1.03 bits per heavy atom. The van der Waals surface area contributed by atoms with Crippen LogP contribution in [-0.2, 0) is 5.54 Å². The van der Waals surface area contributed by atoms with E-state index in [0.717, 1.165) is 23.9 Å². The third-order valence-corrected chi connectivity index (χ3v) is 6.45. The number of carbonyl (C=O) groups excluding carboxylic acids is 1.